The van der Waals surface area contributed by atoms with Crippen LogP contribution in [0.5, 0.6) is 0 Å². The van der Waals surface area contributed by atoms with E-state index in [1.807, 2.05) is 37.3 Å². The first-order chi connectivity index (χ1) is 9.24. The molecule has 2 N–H and O–H groups in total. The molecular formula is C13H17N5O. The molecule has 2 rings (SSSR count). The Balaban J connectivity index is 2.09. The van der Waals surface area contributed by atoms with E-state index in [4.69, 9.17) is 5.73 Å². The zero-order valence-corrected chi connectivity index (χ0v) is 10.9. The smallest absolute Gasteiger partial charge is 0.248 e. The van der Waals surface area contributed by atoms with Gasteiger partial charge in [-0.15, -0.1) is 5.10 Å². The lowest BCUT2D eigenvalue weighted by atomic mass is 10.3. The first-order valence-electron chi connectivity index (χ1n) is 6.19. The summed E-state index contributed by atoms with van der Waals surface area (Å²) in [7, 11) is 0. The third-order valence-electron chi connectivity index (χ3n) is 2.78. The summed E-state index contributed by atoms with van der Waals surface area (Å²) in [6.07, 6.45) is 1.69. The van der Waals surface area contributed by atoms with Crippen molar-refractivity contribution in [3.63, 3.8) is 0 Å². The fourth-order valence-corrected chi connectivity index (χ4v) is 1.84. The molecule has 0 bridgehead atoms. The molecule has 0 saturated carbocycles. The van der Waals surface area contributed by atoms with E-state index in [0.717, 1.165) is 5.69 Å². The van der Waals surface area contributed by atoms with Gasteiger partial charge in [-0.25, -0.2) is 4.68 Å². The van der Waals surface area contributed by atoms with E-state index in [1.165, 1.54) is 4.68 Å². The highest BCUT2D eigenvalue weighted by Gasteiger charge is 2.14. The monoisotopic (exact) mass is 259 g/mol. The third-order valence-corrected chi connectivity index (χ3v) is 2.78. The van der Waals surface area contributed by atoms with Crippen molar-refractivity contribution < 1.29 is 4.79 Å². The molecule has 19 heavy (non-hydrogen) atoms. The van der Waals surface area contributed by atoms with Crippen molar-refractivity contribution in [2.24, 2.45) is 5.73 Å². The standard InChI is InChI=1S/C13H17N5O/c1-2-18(12-6-4-3-5-7-12)13(19)10-17-9-11(8-14)15-16-17/h3-7,9H,2,8,10,14H2,1H3. The van der Waals surface area contributed by atoms with Crippen LogP contribution in [0.1, 0.15) is 12.6 Å². The summed E-state index contributed by atoms with van der Waals surface area (Å²) in [5, 5.41) is 7.74. The van der Waals surface area contributed by atoms with Gasteiger partial charge in [-0.2, -0.15) is 0 Å². The summed E-state index contributed by atoms with van der Waals surface area (Å²) in [5.74, 6) is -0.0258. The van der Waals surface area contributed by atoms with E-state index in [0.29, 0.717) is 18.8 Å². The predicted molar refractivity (Wildman–Crippen MR) is 72.4 cm³/mol. The molecule has 2 aromatic rings. The molecule has 1 aromatic heterocycles. The van der Waals surface area contributed by atoms with Crippen LogP contribution < -0.4 is 10.6 Å². The number of para-hydroxylation sites is 1. The highest BCUT2D eigenvalue weighted by atomic mass is 16.2. The maximum atomic E-state index is 12.2. The summed E-state index contributed by atoms with van der Waals surface area (Å²) in [6, 6.07) is 9.56. The van der Waals surface area contributed by atoms with E-state index in [2.05, 4.69) is 10.3 Å². The number of amides is 1. The Labute approximate surface area is 111 Å². The minimum Gasteiger partial charge on any atom is -0.325 e. The molecule has 0 aliphatic carbocycles. The first kappa shape index (κ1) is 13.2. The Morgan fingerprint density at radius 1 is 1.37 bits per heavy atom. The van der Waals surface area contributed by atoms with Crippen molar-refractivity contribution in [2.45, 2.75) is 20.0 Å². The van der Waals surface area contributed by atoms with Crippen LogP contribution in [0.15, 0.2) is 36.5 Å². The number of carbonyl (C=O) groups excluding carboxylic acids is 1. The number of likely N-dealkylation sites (N-methyl/N-ethyl adjacent to an activating group) is 1. The van der Waals surface area contributed by atoms with E-state index in [-0.39, 0.29) is 12.5 Å². The minimum absolute atomic E-state index is 0.0258. The normalized spacial score (nSPS) is 10.4. The van der Waals surface area contributed by atoms with Crippen LogP contribution in [-0.4, -0.2) is 27.4 Å². The number of hydrogen-bond acceptors (Lipinski definition) is 4. The summed E-state index contributed by atoms with van der Waals surface area (Å²) in [6.45, 7) is 3.04. The quantitative estimate of drug-likeness (QED) is 0.861. The van der Waals surface area contributed by atoms with Crippen LogP contribution in [0, 0.1) is 0 Å². The molecule has 0 atom stereocenters. The fourth-order valence-electron chi connectivity index (χ4n) is 1.84. The summed E-state index contributed by atoms with van der Waals surface area (Å²) < 4.78 is 1.51. The Bertz CT molecular complexity index is 537. The van der Waals surface area contributed by atoms with Crippen LogP contribution in [0.3, 0.4) is 0 Å². The van der Waals surface area contributed by atoms with Crippen LogP contribution >= 0.6 is 0 Å². The summed E-state index contributed by atoms with van der Waals surface area (Å²) in [5.41, 5.74) is 7.02. The van der Waals surface area contributed by atoms with Crippen molar-refractivity contribution >= 4 is 11.6 Å². The van der Waals surface area contributed by atoms with Crippen LogP contribution in [0.4, 0.5) is 5.69 Å². The SMILES string of the molecule is CCN(C(=O)Cn1cc(CN)nn1)c1ccccc1. The number of benzene rings is 1. The number of carbonyl (C=O) groups is 1. The largest absolute Gasteiger partial charge is 0.325 e. The maximum absolute atomic E-state index is 12.2. The van der Waals surface area contributed by atoms with Crippen molar-refractivity contribution in [3.05, 3.63) is 42.2 Å². The molecule has 0 aliphatic heterocycles. The number of aromatic nitrogens is 3. The highest BCUT2D eigenvalue weighted by molar-refractivity contribution is 5.93. The van der Waals surface area contributed by atoms with Gasteiger partial charge in [0.25, 0.3) is 0 Å². The van der Waals surface area contributed by atoms with Crippen molar-refractivity contribution in [1.29, 1.82) is 0 Å². The lowest BCUT2D eigenvalue weighted by Gasteiger charge is -2.20. The van der Waals surface area contributed by atoms with Gasteiger partial charge in [0.15, 0.2) is 0 Å². The number of nitrogens with two attached hydrogens (primary N) is 1. The first-order valence-corrected chi connectivity index (χ1v) is 6.19. The average Bonchev–Trinajstić information content (AvgIpc) is 2.88. The zero-order chi connectivity index (χ0) is 13.7. The van der Waals surface area contributed by atoms with Gasteiger partial charge in [0.2, 0.25) is 5.91 Å². The van der Waals surface area contributed by atoms with Crippen molar-refractivity contribution in [1.82, 2.24) is 15.0 Å². The Morgan fingerprint density at radius 3 is 2.68 bits per heavy atom. The summed E-state index contributed by atoms with van der Waals surface area (Å²) in [4.78, 5) is 14.0. The topological polar surface area (TPSA) is 77.0 Å². The predicted octanol–water partition coefficient (Wildman–Crippen LogP) is 0.790. The molecular weight excluding hydrogens is 242 g/mol. The molecule has 6 nitrogen and oxygen atoms in total. The van der Waals surface area contributed by atoms with Crippen LogP contribution in [0.25, 0.3) is 0 Å². The van der Waals surface area contributed by atoms with Gasteiger partial charge in [-0.05, 0) is 19.1 Å². The molecule has 100 valence electrons. The lowest BCUT2D eigenvalue weighted by Crippen LogP contribution is -2.33. The number of anilines is 1. The number of nitrogens with zero attached hydrogens (tertiary/aromatic N) is 4. The van der Waals surface area contributed by atoms with Crippen LogP contribution in [0.2, 0.25) is 0 Å². The van der Waals surface area contributed by atoms with Crippen molar-refractivity contribution in [2.75, 3.05) is 11.4 Å². The zero-order valence-electron chi connectivity index (χ0n) is 10.9. The Hall–Kier alpha value is -2.21. The minimum atomic E-state index is -0.0258. The highest BCUT2D eigenvalue weighted by Crippen LogP contribution is 2.13. The molecule has 0 spiro atoms. The van der Waals surface area contributed by atoms with Gasteiger partial charge in [0, 0.05) is 18.8 Å². The molecule has 0 saturated heterocycles. The molecule has 0 unspecified atom stereocenters. The Kier molecular flexibility index (Phi) is 4.25. The molecule has 0 fully saturated rings. The van der Waals surface area contributed by atoms with Gasteiger partial charge < -0.3 is 10.6 Å². The average molecular weight is 259 g/mol. The lowest BCUT2D eigenvalue weighted by molar-refractivity contribution is -0.119. The molecule has 1 aromatic carbocycles. The second-order valence-corrected chi connectivity index (χ2v) is 4.09. The third kappa shape index (κ3) is 3.17. The van der Waals surface area contributed by atoms with Crippen molar-refractivity contribution in [3.8, 4) is 0 Å². The molecule has 1 heterocycles. The van der Waals surface area contributed by atoms with Crippen LogP contribution in [-0.2, 0) is 17.9 Å². The molecule has 6 heteroatoms. The van der Waals surface area contributed by atoms with E-state index in [9.17, 15) is 4.79 Å². The fraction of sp³-hybridized carbons (Fsp3) is 0.308. The second-order valence-electron chi connectivity index (χ2n) is 4.09. The van der Waals surface area contributed by atoms with E-state index in [1.54, 1.807) is 11.1 Å². The van der Waals surface area contributed by atoms with E-state index >= 15 is 0 Å². The van der Waals surface area contributed by atoms with E-state index < -0.39 is 0 Å². The molecule has 0 radical (unpaired) electrons. The van der Waals surface area contributed by atoms with Gasteiger partial charge in [0.05, 0.1) is 11.9 Å². The number of rotatable bonds is 5. The van der Waals surface area contributed by atoms with Gasteiger partial charge in [0.1, 0.15) is 6.54 Å². The maximum Gasteiger partial charge on any atom is 0.248 e. The van der Waals surface area contributed by atoms with Gasteiger partial charge in [-0.3, -0.25) is 4.79 Å². The second kappa shape index (κ2) is 6.10. The van der Waals surface area contributed by atoms with Gasteiger partial charge in [-0.1, -0.05) is 23.4 Å². The molecule has 1 amide bonds. The Morgan fingerprint density at radius 2 is 2.11 bits per heavy atom. The molecule has 0 aliphatic rings. The van der Waals surface area contributed by atoms with Gasteiger partial charge >= 0.3 is 0 Å². The number of hydrogen-bond donors (Lipinski definition) is 1. The summed E-state index contributed by atoms with van der Waals surface area (Å²) >= 11 is 0.